The standard InChI is InChI=1S/C19H15NOS/c1-12-5-6-13-7-8-14-16(17-4-3-9-22-17)11-18(21-2)20-19(14)15(13)10-12/h3-11H,1-2H3. The molecule has 0 unspecified atom stereocenters. The maximum absolute atomic E-state index is 5.43. The van der Waals surface area contributed by atoms with Crippen molar-refractivity contribution in [2.24, 2.45) is 0 Å². The Labute approximate surface area is 133 Å². The second-order valence-electron chi connectivity index (χ2n) is 5.38. The van der Waals surface area contributed by atoms with E-state index in [0.29, 0.717) is 5.88 Å². The van der Waals surface area contributed by atoms with Crippen LogP contribution in [0.5, 0.6) is 5.88 Å². The van der Waals surface area contributed by atoms with Crippen molar-refractivity contribution in [2.75, 3.05) is 7.11 Å². The van der Waals surface area contributed by atoms with Gasteiger partial charge in [0.2, 0.25) is 5.88 Å². The zero-order chi connectivity index (χ0) is 15.1. The van der Waals surface area contributed by atoms with Gasteiger partial charge in [0, 0.05) is 27.3 Å². The topological polar surface area (TPSA) is 22.1 Å². The van der Waals surface area contributed by atoms with E-state index in [0.717, 1.165) is 5.52 Å². The van der Waals surface area contributed by atoms with Crippen molar-refractivity contribution >= 4 is 33.0 Å². The Morgan fingerprint density at radius 1 is 1.00 bits per heavy atom. The summed E-state index contributed by atoms with van der Waals surface area (Å²) in [5.41, 5.74) is 3.42. The molecule has 2 heterocycles. The van der Waals surface area contributed by atoms with E-state index in [4.69, 9.17) is 9.72 Å². The highest BCUT2D eigenvalue weighted by Crippen LogP contribution is 2.36. The minimum atomic E-state index is 0.657. The van der Waals surface area contributed by atoms with E-state index in [1.165, 1.54) is 32.2 Å². The van der Waals surface area contributed by atoms with E-state index < -0.39 is 0 Å². The molecule has 0 amide bonds. The molecule has 0 bridgehead atoms. The number of nitrogens with zero attached hydrogens (tertiary/aromatic N) is 1. The van der Waals surface area contributed by atoms with Gasteiger partial charge in [-0.1, -0.05) is 35.9 Å². The second kappa shape index (κ2) is 5.11. The average molecular weight is 305 g/mol. The van der Waals surface area contributed by atoms with Gasteiger partial charge < -0.3 is 4.74 Å². The summed E-state index contributed by atoms with van der Waals surface area (Å²) in [6.45, 7) is 2.11. The minimum absolute atomic E-state index is 0.657. The highest BCUT2D eigenvalue weighted by molar-refractivity contribution is 7.13. The molecule has 22 heavy (non-hydrogen) atoms. The molecule has 4 rings (SSSR count). The molecule has 4 aromatic rings. The number of methoxy groups -OCH3 is 1. The molecule has 0 saturated heterocycles. The Morgan fingerprint density at radius 3 is 2.64 bits per heavy atom. The lowest BCUT2D eigenvalue weighted by molar-refractivity contribution is 0.400. The Balaban J connectivity index is 2.17. The molecule has 2 aromatic carbocycles. The van der Waals surface area contributed by atoms with Crippen molar-refractivity contribution in [3.8, 4) is 16.3 Å². The Kier molecular flexibility index (Phi) is 3.09. The maximum Gasteiger partial charge on any atom is 0.214 e. The Bertz CT molecular complexity index is 974. The van der Waals surface area contributed by atoms with E-state index in [1.54, 1.807) is 18.4 Å². The lowest BCUT2D eigenvalue weighted by Gasteiger charge is -2.10. The zero-order valence-corrected chi connectivity index (χ0v) is 13.3. The van der Waals surface area contributed by atoms with Crippen molar-refractivity contribution in [3.63, 3.8) is 0 Å². The van der Waals surface area contributed by atoms with Gasteiger partial charge in [-0.3, -0.25) is 0 Å². The molecule has 108 valence electrons. The fourth-order valence-corrected chi connectivity index (χ4v) is 3.60. The maximum atomic E-state index is 5.43. The highest BCUT2D eigenvalue weighted by Gasteiger charge is 2.12. The molecule has 0 aliphatic rings. The number of thiophene rings is 1. The average Bonchev–Trinajstić information content (AvgIpc) is 3.08. The Morgan fingerprint density at radius 2 is 1.86 bits per heavy atom. The summed E-state index contributed by atoms with van der Waals surface area (Å²) in [6, 6.07) is 17.0. The van der Waals surface area contributed by atoms with E-state index in [1.807, 2.05) is 6.07 Å². The third kappa shape index (κ3) is 2.06. The van der Waals surface area contributed by atoms with E-state index in [-0.39, 0.29) is 0 Å². The molecule has 0 saturated carbocycles. The zero-order valence-electron chi connectivity index (χ0n) is 12.5. The summed E-state index contributed by atoms with van der Waals surface area (Å²) in [5.74, 6) is 0.657. The second-order valence-corrected chi connectivity index (χ2v) is 6.32. The number of benzene rings is 2. The molecule has 2 nitrogen and oxygen atoms in total. The van der Waals surface area contributed by atoms with Crippen LogP contribution < -0.4 is 4.74 Å². The molecule has 0 spiro atoms. The van der Waals surface area contributed by atoms with Crippen LogP contribution in [-0.4, -0.2) is 12.1 Å². The molecular weight excluding hydrogens is 290 g/mol. The van der Waals surface area contributed by atoms with Crippen molar-refractivity contribution < 1.29 is 4.74 Å². The van der Waals surface area contributed by atoms with Crippen LogP contribution in [-0.2, 0) is 0 Å². The molecule has 0 atom stereocenters. The van der Waals surface area contributed by atoms with Crippen LogP contribution in [0.2, 0.25) is 0 Å². The monoisotopic (exact) mass is 305 g/mol. The number of pyridine rings is 1. The van der Waals surface area contributed by atoms with Crippen LogP contribution in [0.25, 0.3) is 32.1 Å². The van der Waals surface area contributed by atoms with Gasteiger partial charge in [-0.15, -0.1) is 11.3 Å². The van der Waals surface area contributed by atoms with Gasteiger partial charge in [-0.05, 0) is 29.8 Å². The number of aromatic nitrogens is 1. The first-order valence-corrected chi connectivity index (χ1v) is 8.06. The van der Waals surface area contributed by atoms with Crippen LogP contribution in [0.1, 0.15) is 5.56 Å². The molecule has 2 aromatic heterocycles. The van der Waals surface area contributed by atoms with E-state index in [2.05, 4.69) is 54.8 Å². The Hall–Kier alpha value is -2.39. The van der Waals surface area contributed by atoms with Crippen LogP contribution in [0.15, 0.2) is 53.9 Å². The van der Waals surface area contributed by atoms with Crippen LogP contribution in [0, 0.1) is 6.92 Å². The van der Waals surface area contributed by atoms with Gasteiger partial charge >= 0.3 is 0 Å². The molecule has 0 aliphatic heterocycles. The van der Waals surface area contributed by atoms with Crippen LogP contribution in [0.4, 0.5) is 0 Å². The van der Waals surface area contributed by atoms with Gasteiger partial charge in [-0.2, -0.15) is 0 Å². The predicted molar refractivity (Wildman–Crippen MR) is 93.9 cm³/mol. The third-order valence-electron chi connectivity index (χ3n) is 3.92. The smallest absolute Gasteiger partial charge is 0.214 e. The molecular formula is C19H15NOS. The lowest BCUT2D eigenvalue weighted by atomic mass is 10.0. The lowest BCUT2D eigenvalue weighted by Crippen LogP contribution is -1.92. The number of hydrogen-bond donors (Lipinski definition) is 0. The first-order valence-electron chi connectivity index (χ1n) is 7.18. The first kappa shape index (κ1) is 13.3. The van der Waals surface area contributed by atoms with Gasteiger partial charge in [-0.25, -0.2) is 4.98 Å². The number of hydrogen-bond acceptors (Lipinski definition) is 3. The summed E-state index contributed by atoms with van der Waals surface area (Å²) < 4.78 is 5.43. The fourth-order valence-electron chi connectivity index (χ4n) is 2.84. The molecule has 0 fully saturated rings. The largest absolute Gasteiger partial charge is 0.481 e. The van der Waals surface area contributed by atoms with Gasteiger partial charge in [0.25, 0.3) is 0 Å². The van der Waals surface area contributed by atoms with Gasteiger partial charge in [0.05, 0.1) is 12.6 Å². The molecule has 3 heteroatoms. The van der Waals surface area contributed by atoms with Crippen LogP contribution in [0.3, 0.4) is 0 Å². The normalized spacial score (nSPS) is 11.2. The van der Waals surface area contributed by atoms with Gasteiger partial charge in [0.15, 0.2) is 0 Å². The minimum Gasteiger partial charge on any atom is -0.481 e. The molecule has 0 N–H and O–H groups in total. The summed E-state index contributed by atoms with van der Waals surface area (Å²) in [6.07, 6.45) is 0. The van der Waals surface area contributed by atoms with Gasteiger partial charge in [0.1, 0.15) is 0 Å². The van der Waals surface area contributed by atoms with E-state index >= 15 is 0 Å². The SMILES string of the molecule is COc1cc(-c2cccs2)c2ccc3ccc(C)cc3c2n1. The first-order chi connectivity index (χ1) is 10.8. The van der Waals surface area contributed by atoms with Crippen molar-refractivity contribution in [1.29, 1.82) is 0 Å². The number of aryl methyl sites for hydroxylation is 1. The quantitative estimate of drug-likeness (QED) is 0.460. The van der Waals surface area contributed by atoms with Crippen LogP contribution >= 0.6 is 11.3 Å². The summed E-state index contributed by atoms with van der Waals surface area (Å²) in [5, 5.41) is 5.64. The highest BCUT2D eigenvalue weighted by atomic mass is 32.1. The number of fused-ring (bicyclic) bond motifs is 3. The van der Waals surface area contributed by atoms with E-state index in [9.17, 15) is 0 Å². The summed E-state index contributed by atoms with van der Waals surface area (Å²) >= 11 is 1.74. The summed E-state index contributed by atoms with van der Waals surface area (Å²) in [7, 11) is 1.67. The predicted octanol–water partition coefficient (Wildman–Crippen LogP) is 5.43. The number of ether oxygens (including phenoxy) is 1. The van der Waals surface area contributed by atoms with Crippen molar-refractivity contribution in [1.82, 2.24) is 4.98 Å². The molecule has 0 radical (unpaired) electrons. The summed E-state index contributed by atoms with van der Waals surface area (Å²) in [4.78, 5) is 5.95. The van der Waals surface area contributed by atoms with Crippen molar-refractivity contribution in [3.05, 3.63) is 59.5 Å². The third-order valence-corrected chi connectivity index (χ3v) is 4.83. The number of rotatable bonds is 2. The van der Waals surface area contributed by atoms with Crippen molar-refractivity contribution in [2.45, 2.75) is 6.92 Å². The molecule has 0 aliphatic carbocycles. The fraction of sp³-hybridized carbons (Fsp3) is 0.105.